The largest absolute Gasteiger partial charge is 0.324 e. The van der Waals surface area contributed by atoms with Gasteiger partial charge in [-0.1, -0.05) is 0 Å². The Balaban J connectivity index is 2.14. The molecule has 0 aliphatic carbocycles. The number of nitrogens with zero attached hydrogens (tertiary/aromatic N) is 1. The van der Waals surface area contributed by atoms with E-state index in [4.69, 9.17) is 11.6 Å². The van der Waals surface area contributed by atoms with Gasteiger partial charge in [0.1, 0.15) is 10.9 Å². The second-order valence-corrected chi connectivity index (χ2v) is 6.72. The van der Waals surface area contributed by atoms with Gasteiger partial charge in [-0.25, -0.2) is 17.6 Å². The molecule has 2 rings (SSSR count). The van der Waals surface area contributed by atoms with Gasteiger partial charge >= 0.3 is 0 Å². The zero-order valence-electron chi connectivity index (χ0n) is 10.9. The van der Waals surface area contributed by atoms with Gasteiger partial charge in [-0.05, 0) is 0 Å². The highest BCUT2D eigenvalue weighted by Crippen LogP contribution is 2.38. The summed E-state index contributed by atoms with van der Waals surface area (Å²) in [5.41, 5.74) is -1.37. The van der Waals surface area contributed by atoms with Gasteiger partial charge in [-0.15, -0.1) is 23.4 Å². The average Bonchev–Trinajstić information content (AvgIpc) is 2.75. The predicted molar refractivity (Wildman–Crippen MR) is 75.8 cm³/mol. The molecule has 1 aliphatic rings. The van der Waals surface area contributed by atoms with Crippen molar-refractivity contribution in [3.05, 3.63) is 28.4 Å². The van der Waals surface area contributed by atoms with Crippen molar-refractivity contribution < 1.29 is 22.4 Å². The van der Waals surface area contributed by atoms with Gasteiger partial charge in [-0.2, -0.15) is 0 Å². The lowest BCUT2D eigenvalue weighted by atomic mass is 10.2. The van der Waals surface area contributed by atoms with Crippen LogP contribution in [-0.4, -0.2) is 33.0 Å². The van der Waals surface area contributed by atoms with Crippen LogP contribution in [0.25, 0.3) is 0 Å². The number of thioether (sulfide) groups is 1. The molecule has 1 saturated heterocycles. The van der Waals surface area contributed by atoms with Crippen molar-refractivity contribution in [3.8, 4) is 0 Å². The first-order valence-corrected chi connectivity index (χ1v) is 7.58. The summed E-state index contributed by atoms with van der Waals surface area (Å²) in [7, 11) is 0. The molecule has 1 aromatic rings. The van der Waals surface area contributed by atoms with Gasteiger partial charge in [-0.3, -0.25) is 9.59 Å². The number of amides is 1. The summed E-state index contributed by atoms with van der Waals surface area (Å²) < 4.78 is 51.0. The highest BCUT2D eigenvalue weighted by atomic mass is 35.5. The van der Waals surface area contributed by atoms with Crippen molar-refractivity contribution in [1.82, 2.24) is 4.57 Å². The molecule has 4 nitrogen and oxygen atoms in total. The fourth-order valence-electron chi connectivity index (χ4n) is 1.95. The van der Waals surface area contributed by atoms with E-state index in [9.17, 15) is 27.2 Å². The van der Waals surface area contributed by atoms with Crippen molar-refractivity contribution in [1.29, 1.82) is 0 Å². The molecule has 22 heavy (non-hydrogen) atoms. The Morgan fingerprint density at radius 3 is 2.77 bits per heavy atom. The van der Waals surface area contributed by atoms with E-state index < -0.39 is 46.4 Å². The first kappa shape index (κ1) is 17.1. The first-order chi connectivity index (χ1) is 10.3. The van der Waals surface area contributed by atoms with E-state index in [-0.39, 0.29) is 12.1 Å². The van der Waals surface area contributed by atoms with E-state index in [1.165, 1.54) is 0 Å². The quantitative estimate of drug-likeness (QED) is 0.665. The highest BCUT2D eigenvalue weighted by molar-refractivity contribution is 8.02. The number of aromatic nitrogens is 1. The number of anilines is 1. The molecule has 1 N–H and O–H groups in total. The number of carbonyl (C=O) groups is 1. The zero-order valence-corrected chi connectivity index (χ0v) is 12.5. The zero-order chi connectivity index (χ0) is 16.4. The SMILES string of the molecule is O=C(Nc1cc(F)c(=O)n(CC(F)F)c1)C1CC(F)C(Cl)S1. The van der Waals surface area contributed by atoms with E-state index >= 15 is 0 Å². The smallest absolute Gasteiger partial charge is 0.286 e. The summed E-state index contributed by atoms with van der Waals surface area (Å²) in [6.07, 6.45) is -3.37. The van der Waals surface area contributed by atoms with Crippen LogP contribution in [0.4, 0.5) is 23.2 Å². The van der Waals surface area contributed by atoms with Crippen molar-refractivity contribution in [2.45, 2.75) is 35.5 Å². The highest BCUT2D eigenvalue weighted by Gasteiger charge is 2.37. The van der Waals surface area contributed by atoms with Crippen molar-refractivity contribution in [2.75, 3.05) is 5.32 Å². The summed E-state index contributed by atoms with van der Waals surface area (Å²) in [5, 5.41) is 1.51. The third kappa shape index (κ3) is 3.95. The minimum Gasteiger partial charge on any atom is -0.324 e. The molecule has 1 amide bonds. The Bertz CT molecular complexity index is 618. The summed E-state index contributed by atoms with van der Waals surface area (Å²) in [6.45, 7) is -0.992. The maximum absolute atomic E-state index is 13.4. The third-order valence-corrected chi connectivity index (χ3v) is 4.83. The topological polar surface area (TPSA) is 51.1 Å². The number of pyridine rings is 1. The number of nitrogens with one attached hydrogen (secondary N) is 1. The number of hydrogen-bond donors (Lipinski definition) is 1. The van der Waals surface area contributed by atoms with Gasteiger partial charge in [0.15, 0.2) is 5.82 Å². The van der Waals surface area contributed by atoms with Crippen molar-refractivity contribution in [2.24, 2.45) is 0 Å². The van der Waals surface area contributed by atoms with Crippen LogP contribution in [-0.2, 0) is 11.3 Å². The second-order valence-electron chi connectivity index (χ2n) is 4.64. The summed E-state index contributed by atoms with van der Waals surface area (Å²) in [6, 6.07) is 0.729. The molecule has 1 aromatic heterocycles. The lowest BCUT2D eigenvalue weighted by Crippen LogP contribution is -2.28. The molecule has 10 heteroatoms. The average molecular weight is 359 g/mol. The minimum absolute atomic E-state index is 0.0934. The van der Waals surface area contributed by atoms with Crippen LogP contribution < -0.4 is 10.9 Å². The van der Waals surface area contributed by atoms with E-state index in [2.05, 4.69) is 5.32 Å². The van der Waals surface area contributed by atoms with Crippen LogP contribution in [0.3, 0.4) is 0 Å². The van der Waals surface area contributed by atoms with E-state index in [1.807, 2.05) is 0 Å². The molecular formula is C12H11ClF4N2O2S. The number of rotatable bonds is 4. The molecule has 0 aromatic carbocycles. The first-order valence-electron chi connectivity index (χ1n) is 6.20. The molecule has 0 spiro atoms. The Hall–Kier alpha value is -1.22. The number of hydrogen-bond acceptors (Lipinski definition) is 3. The number of alkyl halides is 4. The van der Waals surface area contributed by atoms with E-state index in [0.29, 0.717) is 4.57 Å². The maximum Gasteiger partial charge on any atom is 0.286 e. The van der Waals surface area contributed by atoms with Gasteiger partial charge < -0.3 is 9.88 Å². The molecule has 3 unspecified atom stereocenters. The van der Waals surface area contributed by atoms with Crippen LogP contribution in [0.15, 0.2) is 17.1 Å². The van der Waals surface area contributed by atoms with Crippen LogP contribution in [0.5, 0.6) is 0 Å². The lowest BCUT2D eigenvalue weighted by Gasteiger charge is -2.12. The van der Waals surface area contributed by atoms with Crippen LogP contribution in [0.1, 0.15) is 6.42 Å². The molecule has 2 heterocycles. The van der Waals surface area contributed by atoms with Crippen LogP contribution in [0, 0.1) is 5.82 Å². The van der Waals surface area contributed by atoms with Gasteiger partial charge in [0.2, 0.25) is 5.91 Å². The molecule has 1 aliphatic heterocycles. The third-order valence-electron chi connectivity index (χ3n) is 2.95. The fourth-order valence-corrected chi connectivity index (χ4v) is 3.50. The lowest BCUT2D eigenvalue weighted by molar-refractivity contribution is -0.115. The molecule has 122 valence electrons. The number of carbonyl (C=O) groups excluding carboxylic acids is 1. The normalized spacial score (nSPS) is 24.7. The van der Waals surface area contributed by atoms with Gasteiger partial charge in [0.25, 0.3) is 12.0 Å². The molecular weight excluding hydrogens is 348 g/mol. The predicted octanol–water partition coefficient (Wildman–Crippen LogP) is 2.60. The van der Waals surface area contributed by atoms with Gasteiger partial charge in [0.05, 0.1) is 17.5 Å². The van der Waals surface area contributed by atoms with E-state index in [1.54, 1.807) is 0 Å². The fraction of sp³-hybridized carbons (Fsp3) is 0.500. The van der Waals surface area contributed by atoms with Crippen LogP contribution in [0.2, 0.25) is 0 Å². The Morgan fingerprint density at radius 2 is 2.23 bits per heavy atom. The standard InChI is InChI=1S/C12H11ClF4N2O2S/c13-10-6(14)2-8(22-10)11(20)18-5-1-7(15)12(21)19(3-5)4-9(16)17/h1,3,6,8-10H,2,4H2,(H,18,20). The van der Waals surface area contributed by atoms with Crippen molar-refractivity contribution >= 4 is 35.0 Å². The van der Waals surface area contributed by atoms with E-state index in [0.717, 1.165) is 24.0 Å². The summed E-state index contributed by atoms with van der Waals surface area (Å²) in [4.78, 5) is 23.3. The molecule has 0 radical (unpaired) electrons. The van der Waals surface area contributed by atoms with Crippen LogP contribution >= 0.6 is 23.4 Å². The molecule has 3 atom stereocenters. The summed E-state index contributed by atoms with van der Waals surface area (Å²) in [5.74, 6) is -1.89. The van der Waals surface area contributed by atoms with Gasteiger partial charge in [0, 0.05) is 18.7 Å². The Kier molecular flexibility index (Phi) is 5.38. The molecule has 0 bridgehead atoms. The monoisotopic (exact) mass is 358 g/mol. The Labute approximate surface area is 131 Å². The second kappa shape index (κ2) is 6.91. The van der Waals surface area contributed by atoms with Crippen molar-refractivity contribution in [3.63, 3.8) is 0 Å². The number of halogens is 5. The molecule has 0 saturated carbocycles. The molecule has 1 fully saturated rings. The summed E-state index contributed by atoms with van der Waals surface area (Å²) >= 11 is 6.57. The Morgan fingerprint density at radius 1 is 1.55 bits per heavy atom. The maximum atomic E-state index is 13.4. The minimum atomic E-state index is -2.85.